The largest absolute Gasteiger partial charge is 0.298 e. The van der Waals surface area contributed by atoms with Gasteiger partial charge in [0.25, 0.3) is 0 Å². The molecule has 2 aromatic rings. The highest BCUT2D eigenvalue weighted by Gasteiger charge is 1.97. The Morgan fingerprint density at radius 1 is 1.23 bits per heavy atom. The summed E-state index contributed by atoms with van der Waals surface area (Å²) in [6.45, 7) is 0. The molecule has 0 saturated heterocycles. The number of hydrogen-bond acceptors (Lipinski definition) is 2. The highest BCUT2D eigenvalue weighted by atomic mass is 35.5. The number of fused-ring (bicyclic) bond motifs is 1. The van der Waals surface area contributed by atoms with Crippen LogP contribution in [0, 0.1) is 0 Å². The van der Waals surface area contributed by atoms with Crippen molar-refractivity contribution in [1.82, 2.24) is 4.98 Å². The van der Waals surface area contributed by atoms with Crippen molar-refractivity contribution in [3.8, 4) is 0 Å². The first-order valence-electron chi connectivity index (χ1n) is 3.81. The van der Waals surface area contributed by atoms with E-state index < -0.39 is 0 Å². The number of rotatable bonds is 1. The van der Waals surface area contributed by atoms with Gasteiger partial charge < -0.3 is 0 Å². The van der Waals surface area contributed by atoms with Gasteiger partial charge in [0, 0.05) is 10.9 Å². The maximum atomic E-state index is 10.5. The molecule has 0 radical (unpaired) electrons. The van der Waals surface area contributed by atoms with E-state index in [9.17, 15) is 4.79 Å². The van der Waals surface area contributed by atoms with Gasteiger partial charge in [0.15, 0.2) is 0 Å². The van der Waals surface area contributed by atoms with Crippen LogP contribution in [0.5, 0.6) is 0 Å². The molecule has 0 unspecified atom stereocenters. The third-order valence-corrected chi connectivity index (χ3v) is 2.03. The number of aldehydes is 1. The zero-order valence-corrected chi connectivity index (χ0v) is 7.45. The molecule has 13 heavy (non-hydrogen) atoms. The lowest BCUT2D eigenvalue weighted by atomic mass is 10.1. The van der Waals surface area contributed by atoms with Crippen LogP contribution in [0.15, 0.2) is 30.3 Å². The molecular formula is C10H6ClNO. The molecule has 0 fully saturated rings. The molecule has 0 aliphatic rings. The number of nitrogens with zero attached hydrogens (tertiary/aromatic N) is 1. The predicted octanol–water partition coefficient (Wildman–Crippen LogP) is 2.70. The molecule has 3 heteroatoms. The summed E-state index contributed by atoms with van der Waals surface area (Å²) in [4.78, 5) is 14.6. The van der Waals surface area contributed by atoms with Crippen LogP contribution < -0.4 is 0 Å². The summed E-state index contributed by atoms with van der Waals surface area (Å²) in [7, 11) is 0. The van der Waals surface area contributed by atoms with Crippen molar-refractivity contribution in [2.75, 3.05) is 0 Å². The molecule has 0 aliphatic heterocycles. The SMILES string of the molecule is O=Cc1ccc2ccc(Cl)nc2c1. The van der Waals surface area contributed by atoms with Crippen LogP contribution >= 0.6 is 11.6 Å². The smallest absolute Gasteiger partial charge is 0.150 e. The summed E-state index contributed by atoms with van der Waals surface area (Å²) in [6.07, 6.45) is 0.794. The number of halogens is 1. The second-order valence-electron chi connectivity index (χ2n) is 2.70. The van der Waals surface area contributed by atoms with E-state index in [4.69, 9.17) is 11.6 Å². The zero-order valence-electron chi connectivity index (χ0n) is 6.70. The van der Waals surface area contributed by atoms with Crippen LogP contribution in [0.3, 0.4) is 0 Å². The molecule has 0 atom stereocenters. The number of carbonyl (C=O) groups is 1. The molecule has 1 aromatic heterocycles. The van der Waals surface area contributed by atoms with Crippen LogP contribution in [-0.4, -0.2) is 11.3 Å². The van der Waals surface area contributed by atoms with Gasteiger partial charge >= 0.3 is 0 Å². The lowest BCUT2D eigenvalue weighted by molar-refractivity contribution is 0.112. The minimum atomic E-state index is 0.440. The summed E-state index contributed by atoms with van der Waals surface area (Å²) in [5, 5.41) is 1.42. The Bertz CT molecular complexity index is 467. The maximum Gasteiger partial charge on any atom is 0.150 e. The molecular weight excluding hydrogens is 186 g/mol. The van der Waals surface area contributed by atoms with Gasteiger partial charge in [0.1, 0.15) is 11.4 Å². The molecule has 0 spiro atoms. The molecule has 64 valence electrons. The highest BCUT2D eigenvalue weighted by Crippen LogP contribution is 2.15. The lowest BCUT2D eigenvalue weighted by Crippen LogP contribution is -1.83. The fourth-order valence-electron chi connectivity index (χ4n) is 1.18. The summed E-state index contributed by atoms with van der Waals surface area (Å²) in [5.41, 5.74) is 1.36. The van der Waals surface area contributed by atoms with Crippen LogP contribution in [0.2, 0.25) is 5.15 Å². The Kier molecular flexibility index (Phi) is 1.99. The molecule has 1 aromatic carbocycles. The normalized spacial score (nSPS) is 10.2. The molecule has 0 saturated carbocycles. The van der Waals surface area contributed by atoms with Gasteiger partial charge in [-0.3, -0.25) is 4.79 Å². The summed E-state index contributed by atoms with van der Waals surface area (Å²) >= 11 is 5.71. The van der Waals surface area contributed by atoms with Crippen molar-refractivity contribution in [3.05, 3.63) is 41.0 Å². The fourth-order valence-corrected chi connectivity index (χ4v) is 1.34. The van der Waals surface area contributed by atoms with E-state index in [1.165, 1.54) is 0 Å². The summed E-state index contributed by atoms with van der Waals surface area (Å²) in [5.74, 6) is 0. The third kappa shape index (κ3) is 1.53. The van der Waals surface area contributed by atoms with Crippen LogP contribution in [0.4, 0.5) is 0 Å². The van der Waals surface area contributed by atoms with Crippen molar-refractivity contribution >= 4 is 28.8 Å². The molecule has 2 nitrogen and oxygen atoms in total. The lowest BCUT2D eigenvalue weighted by Gasteiger charge is -1.97. The van der Waals surface area contributed by atoms with E-state index >= 15 is 0 Å². The van der Waals surface area contributed by atoms with Crippen molar-refractivity contribution in [1.29, 1.82) is 0 Å². The van der Waals surface area contributed by atoms with Crippen molar-refractivity contribution < 1.29 is 4.79 Å². The first-order valence-corrected chi connectivity index (χ1v) is 4.19. The van der Waals surface area contributed by atoms with Crippen LogP contribution in [0.1, 0.15) is 10.4 Å². The van der Waals surface area contributed by atoms with E-state index in [1.54, 1.807) is 18.2 Å². The third-order valence-electron chi connectivity index (χ3n) is 1.82. The van der Waals surface area contributed by atoms with Gasteiger partial charge in [0.05, 0.1) is 5.52 Å². The Morgan fingerprint density at radius 3 is 2.77 bits per heavy atom. The number of benzene rings is 1. The molecule has 2 rings (SSSR count). The Labute approximate surface area is 80.2 Å². The quantitative estimate of drug-likeness (QED) is 0.513. The number of pyridine rings is 1. The van der Waals surface area contributed by atoms with E-state index in [2.05, 4.69) is 4.98 Å². The molecule has 0 aliphatic carbocycles. The van der Waals surface area contributed by atoms with Gasteiger partial charge in [-0.15, -0.1) is 0 Å². The Morgan fingerprint density at radius 2 is 2.00 bits per heavy atom. The molecule has 0 bridgehead atoms. The minimum Gasteiger partial charge on any atom is -0.298 e. The van der Waals surface area contributed by atoms with Gasteiger partial charge in [0.2, 0.25) is 0 Å². The first kappa shape index (κ1) is 8.20. The van der Waals surface area contributed by atoms with Gasteiger partial charge in [-0.25, -0.2) is 4.98 Å². The van der Waals surface area contributed by atoms with Crippen LogP contribution in [0.25, 0.3) is 10.9 Å². The van der Waals surface area contributed by atoms with Crippen LogP contribution in [-0.2, 0) is 0 Å². The van der Waals surface area contributed by atoms with Crippen molar-refractivity contribution in [2.24, 2.45) is 0 Å². The standard InChI is InChI=1S/C10H6ClNO/c11-10-4-3-8-2-1-7(6-13)5-9(8)12-10/h1-6H. The van der Waals surface area contributed by atoms with Gasteiger partial charge in [-0.1, -0.05) is 23.7 Å². The fraction of sp³-hybridized carbons (Fsp3) is 0. The second-order valence-corrected chi connectivity index (χ2v) is 3.09. The summed E-state index contributed by atoms with van der Waals surface area (Å²) < 4.78 is 0. The maximum absolute atomic E-state index is 10.5. The minimum absolute atomic E-state index is 0.440. The Hall–Kier alpha value is -1.41. The number of carbonyl (C=O) groups excluding carboxylic acids is 1. The van der Waals surface area contributed by atoms with E-state index in [0.717, 1.165) is 17.2 Å². The van der Waals surface area contributed by atoms with Gasteiger partial charge in [-0.2, -0.15) is 0 Å². The first-order chi connectivity index (χ1) is 6.29. The summed E-state index contributed by atoms with van der Waals surface area (Å²) in [6, 6.07) is 8.92. The van der Waals surface area contributed by atoms with Crippen molar-refractivity contribution in [2.45, 2.75) is 0 Å². The van der Waals surface area contributed by atoms with E-state index in [-0.39, 0.29) is 0 Å². The molecule has 1 heterocycles. The monoisotopic (exact) mass is 191 g/mol. The van der Waals surface area contributed by atoms with Gasteiger partial charge in [-0.05, 0) is 18.2 Å². The van der Waals surface area contributed by atoms with E-state index in [0.29, 0.717) is 10.7 Å². The number of aromatic nitrogens is 1. The Balaban J connectivity index is 2.74. The van der Waals surface area contributed by atoms with Crippen molar-refractivity contribution in [3.63, 3.8) is 0 Å². The second kappa shape index (κ2) is 3.15. The highest BCUT2D eigenvalue weighted by molar-refractivity contribution is 6.29. The average Bonchev–Trinajstić information content (AvgIpc) is 2.16. The average molecular weight is 192 g/mol. The molecule has 0 N–H and O–H groups in total. The number of hydrogen-bond donors (Lipinski definition) is 0. The molecule has 0 amide bonds. The van der Waals surface area contributed by atoms with E-state index in [1.807, 2.05) is 12.1 Å². The topological polar surface area (TPSA) is 30.0 Å². The zero-order chi connectivity index (χ0) is 9.26. The predicted molar refractivity (Wildman–Crippen MR) is 52.1 cm³/mol.